The van der Waals surface area contributed by atoms with E-state index >= 15 is 0 Å². The number of carbonyl (C=O) groups excluding carboxylic acids is 2. The van der Waals surface area contributed by atoms with E-state index in [4.69, 9.17) is 12.2 Å². The van der Waals surface area contributed by atoms with E-state index in [1.165, 1.54) is 0 Å². The fourth-order valence-corrected chi connectivity index (χ4v) is 3.67. The minimum absolute atomic E-state index is 0.0741. The third-order valence-electron chi connectivity index (χ3n) is 5.23. The fourth-order valence-electron chi connectivity index (χ4n) is 3.35. The molecule has 0 radical (unpaired) electrons. The zero-order valence-electron chi connectivity index (χ0n) is 17.0. The molecule has 7 heteroatoms. The lowest BCUT2D eigenvalue weighted by molar-refractivity contribution is -0.125. The molecule has 28 heavy (non-hydrogen) atoms. The molecule has 2 amide bonds. The number of carbonyl (C=O) groups is 2. The summed E-state index contributed by atoms with van der Waals surface area (Å²) in [6.45, 7) is 8.39. The molecular weight excluding hydrogens is 372 g/mol. The third kappa shape index (κ3) is 6.19. The van der Waals surface area contributed by atoms with Crippen molar-refractivity contribution < 1.29 is 9.59 Å². The molecule has 2 atom stereocenters. The SMILES string of the molecule is CCNC(=S)N1CCC([C@H](NC(=O)c2ccccc2)C(=O)N[C@@H](C)CC)CC1. The van der Waals surface area contributed by atoms with Gasteiger partial charge in [-0.2, -0.15) is 0 Å². The van der Waals surface area contributed by atoms with Crippen LogP contribution in [0.2, 0.25) is 0 Å². The van der Waals surface area contributed by atoms with E-state index in [9.17, 15) is 9.59 Å². The van der Waals surface area contributed by atoms with Crippen LogP contribution in [-0.4, -0.2) is 53.5 Å². The highest BCUT2D eigenvalue weighted by Crippen LogP contribution is 2.22. The van der Waals surface area contributed by atoms with E-state index in [1.54, 1.807) is 12.1 Å². The number of nitrogens with zero attached hydrogens (tertiary/aromatic N) is 1. The van der Waals surface area contributed by atoms with Crippen LogP contribution in [0.1, 0.15) is 50.4 Å². The first-order valence-electron chi connectivity index (χ1n) is 10.1. The van der Waals surface area contributed by atoms with Crippen molar-refractivity contribution in [3.05, 3.63) is 35.9 Å². The minimum Gasteiger partial charge on any atom is -0.363 e. The molecule has 0 aromatic heterocycles. The molecule has 1 aromatic carbocycles. The maximum Gasteiger partial charge on any atom is 0.251 e. The van der Waals surface area contributed by atoms with Gasteiger partial charge in [0.25, 0.3) is 5.91 Å². The molecule has 0 aliphatic carbocycles. The first kappa shape index (κ1) is 22.1. The van der Waals surface area contributed by atoms with Gasteiger partial charge in [-0.05, 0) is 63.4 Å². The van der Waals surface area contributed by atoms with Crippen molar-refractivity contribution in [3.8, 4) is 0 Å². The summed E-state index contributed by atoms with van der Waals surface area (Å²) in [5.74, 6) is -0.237. The van der Waals surface area contributed by atoms with Gasteiger partial charge >= 0.3 is 0 Å². The van der Waals surface area contributed by atoms with Gasteiger partial charge in [0.2, 0.25) is 5.91 Å². The van der Waals surface area contributed by atoms with Gasteiger partial charge in [-0.25, -0.2) is 0 Å². The Kier molecular flexibility index (Phi) is 8.70. The lowest BCUT2D eigenvalue weighted by Crippen LogP contribution is -2.55. The zero-order valence-corrected chi connectivity index (χ0v) is 17.8. The first-order chi connectivity index (χ1) is 13.5. The van der Waals surface area contributed by atoms with E-state index in [0.29, 0.717) is 5.56 Å². The van der Waals surface area contributed by atoms with Crippen molar-refractivity contribution in [2.45, 2.75) is 52.1 Å². The molecule has 0 bridgehead atoms. The molecule has 1 saturated heterocycles. The standard InChI is InChI=1S/C21H32N4O2S/c1-4-15(3)23-20(27)18(24-19(26)17-9-7-6-8-10-17)16-11-13-25(14-12-16)21(28)22-5-2/h6-10,15-16,18H,4-5,11-14H2,1-3H3,(H,22,28)(H,23,27)(H,24,26)/t15-,18-/m0/s1. The number of hydrogen-bond donors (Lipinski definition) is 3. The lowest BCUT2D eigenvalue weighted by Gasteiger charge is -2.37. The molecule has 6 nitrogen and oxygen atoms in total. The van der Waals surface area contributed by atoms with Crippen molar-refractivity contribution in [3.63, 3.8) is 0 Å². The van der Waals surface area contributed by atoms with Gasteiger partial charge in [-0.3, -0.25) is 9.59 Å². The van der Waals surface area contributed by atoms with Gasteiger partial charge < -0.3 is 20.9 Å². The Bertz CT molecular complexity index is 660. The molecule has 1 aromatic rings. The molecular formula is C21H32N4O2S. The average Bonchev–Trinajstić information content (AvgIpc) is 2.72. The molecule has 1 aliphatic heterocycles. The normalized spacial score (nSPS) is 16.8. The number of nitrogens with one attached hydrogen (secondary N) is 3. The van der Waals surface area contributed by atoms with Crippen LogP contribution in [0.5, 0.6) is 0 Å². The molecule has 1 heterocycles. The highest BCUT2D eigenvalue weighted by atomic mass is 32.1. The zero-order chi connectivity index (χ0) is 20.5. The van der Waals surface area contributed by atoms with E-state index in [1.807, 2.05) is 39.0 Å². The van der Waals surface area contributed by atoms with E-state index in [2.05, 4.69) is 20.9 Å². The maximum absolute atomic E-state index is 12.9. The summed E-state index contributed by atoms with van der Waals surface area (Å²) in [6, 6.07) is 8.56. The number of benzene rings is 1. The fraction of sp³-hybridized carbons (Fsp3) is 0.571. The van der Waals surface area contributed by atoms with Crippen LogP contribution in [-0.2, 0) is 4.79 Å². The number of rotatable bonds is 7. The first-order valence-corrected chi connectivity index (χ1v) is 10.6. The second-order valence-corrected chi connectivity index (χ2v) is 7.68. The van der Waals surface area contributed by atoms with E-state index < -0.39 is 6.04 Å². The number of likely N-dealkylation sites (tertiary alicyclic amines) is 1. The number of amides is 2. The Morgan fingerprint density at radius 2 is 1.79 bits per heavy atom. The Labute approximate surface area is 173 Å². The van der Waals surface area contributed by atoms with Crippen LogP contribution in [0.3, 0.4) is 0 Å². The average molecular weight is 405 g/mol. The number of hydrogen-bond acceptors (Lipinski definition) is 3. The Balaban J connectivity index is 2.07. The number of thiocarbonyl (C=S) groups is 1. The maximum atomic E-state index is 12.9. The van der Waals surface area contributed by atoms with Gasteiger partial charge in [0.1, 0.15) is 6.04 Å². The van der Waals surface area contributed by atoms with Crippen LogP contribution in [0.15, 0.2) is 30.3 Å². The predicted molar refractivity (Wildman–Crippen MR) is 116 cm³/mol. The van der Waals surface area contributed by atoms with Gasteiger partial charge in [0.15, 0.2) is 5.11 Å². The van der Waals surface area contributed by atoms with Crippen LogP contribution in [0, 0.1) is 5.92 Å². The third-order valence-corrected chi connectivity index (χ3v) is 5.63. The van der Waals surface area contributed by atoms with Crippen molar-refractivity contribution in [2.24, 2.45) is 5.92 Å². The van der Waals surface area contributed by atoms with Crippen LogP contribution in [0.25, 0.3) is 0 Å². The molecule has 154 valence electrons. The highest BCUT2D eigenvalue weighted by molar-refractivity contribution is 7.80. The molecule has 2 rings (SSSR count). The smallest absolute Gasteiger partial charge is 0.251 e. The van der Waals surface area contributed by atoms with Gasteiger partial charge in [0.05, 0.1) is 0 Å². The summed E-state index contributed by atoms with van der Waals surface area (Å²) < 4.78 is 0. The lowest BCUT2D eigenvalue weighted by atomic mass is 9.88. The van der Waals surface area contributed by atoms with Crippen molar-refractivity contribution in [1.29, 1.82) is 0 Å². The summed E-state index contributed by atoms with van der Waals surface area (Å²) in [4.78, 5) is 27.7. The van der Waals surface area contributed by atoms with Crippen LogP contribution in [0.4, 0.5) is 0 Å². The summed E-state index contributed by atoms with van der Waals surface area (Å²) in [5.41, 5.74) is 0.564. The summed E-state index contributed by atoms with van der Waals surface area (Å²) in [6.07, 6.45) is 2.46. The molecule has 0 spiro atoms. The van der Waals surface area contributed by atoms with Gasteiger partial charge in [-0.15, -0.1) is 0 Å². The van der Waals surface area contributed by atoms with Crippen LogP contribution >= 0.6 is 12.2 Å². The molecule has 0 saturated carbocycles. The van der Waals surface area contributed by atoms with Crippen molar-refractivity contribution in [1.82, 2.24) is 20.9 Å². The monoisotopic (exact) mass is 404 g/mol. The quantitative estimate of drug-likeness (QED) is 0.608. The highest BCUT2D eigenvalue weighted by Gasteiger charge is 2.33. The summed E-state index contributed by atoms with van der Waals surface area (Å²) >= 11 is 5.40. The number of piperidine rings is 1. The second kappa shape index (κ2) is 11.0. The van der Waals surface area contributed by atoms with E-state index in [-0.39, 0.29) is 23.8 Å². The summed E-state index contributed by atoms with van der Waals surface area (Å²) in [5, 5.41) is 9.95. The largest absolute Gasteiger partial charge is 0.363 e. The molecule has 0 unspecified atom stereocenters. The molecule has 3 N–H and O–H groups in total. The van der Waals surface area contributed by atoms with Crippen molar-refractivity contribution in [2.75, 3.05) is 19.6 Å². The molecule has 1 fully saturated rings. The van der Waals surface area contributed by atoms with Crippen LogP contribution < -0.4 is 16.0 Å². The van der Waals surface area contributed by atoms with E-state index in [0.717, 1.165) is 44.0 Å². The Hall–Kier alpha value is -2.15. The summed E-state index contributed by atoms with van der Waals surface area (Å²) in [7, 11) is 0. The van der Waals surface area contributed by atoms with Gasteiger partial charge in [0, 0.05) is 31.2 Å². The van der Waals surface area contributed by atoms with Crippen molar-refractivity contribution >= 4 is 29.1 Å². The predicted octanol–water partition coefficient (Wildman–Crippen LogP) is 2.31. The minimum atomic E-state index is -0.545. The van der Waals surface area contributed by atoms with Gasteiger partial charge in [-0.1, -0.05) is 25.1 Å². The second-order valence-electron chi connectivity index (χ2n) is 7.30. The Morgan fingerprint density at radius 1 is 1.14 bits per heavy atom. The Morgan fingerprint density at radius 3 is 2.36 bits per heavy atom. The molecule has 1 aliphatic rings. The topological polar surface area (TPSA) is 73.5 Å².